The van der Waals surface area contributed by atoms with Crippen LogP contribution in [0.2, 0.25) is 0 Å². The first-order valence-corrected chi connectivity index (χ1v) is 6.47. The molecule has 0 saturated heterocycles. The summed E-state index contributed by atoms with van der Waals surface area (Å²) in [7, 11) is 0. The van der Waals surface area contributed by atoms with Crippen LogP contribution in [0.25, 0.3) is 0 Å². The Morgan fingerprint density at radius 1 is 1.47 bits per heavy atom. The fraction of sp³-hybridized carbons (Fsp3) is 0.750. The van der Waals surface area contributed by atoms with Gasteiger partial charge >= 0.3 is 0 Å². The predicted octanol–water partition coefficient (Wildman–Crippen LogP) is 3.08. The van der Waals surface area contributed by atoms with Crippen molar-refractivity contribution in [3.63, 3.8) is 0 Å². The number of thiazole rings is 1. The van der Waals surface area contributed by atoms with Gasteiger partial charge in [0, 0.05) is 22.9 Å². The van der Waals surface area contributed by atoms with Gasteiger partial charge in [-0.25, -0.2) is 4.98 Å². The summed E-state index contributed by atoms with van der Waals surface area (Å²) in [4.78, 5) is 4.67. The first-order valence-electron chi connectivity index (χ1n) is 5.59. The molecule has 0 amide bonds. The van der Waals surface area contributed by atoms with Crippen LogP contribution in [0.4, 0.5) is 0 Å². The Morgan fingerprint density at radius 3 is 2.60 bits per heavy atom. The van der Waals surface area contributed by atoms with Crippen LogP contribution in [0, 0.1) is 0 Å². The summed E-state index contributed by atoms with van der Waals surface area (Å²) in [6.45, 7) is 9.84. The molecule has 1 aromatic rings. The number of hydrogen-bond acceptors (Lipinski definition) is 3. The van der Waals surface area contributed by atoms with E-state index in [9.17, 15) is 0 Å². The van der Waals surface area contributed by atoms with Gasteiger partial charge in [0.2, 0.25) is 0 Å². The molecule has 2 rings (SSSR count). The van der Waals surface area contributed by atoms with Gasteiger partial charge in [-0.1, -0.05) is 20.8 Å². The Kier molecular flexibility index (Phi) is 2.63. The van der Waals surface area contributed by atoms with E-state index in [1.807, 2.05) is 0 Å². The lowest BCUT2D eigenvalue weighted by Gasteiger charge is -2.14. The summed E-state index contributed by atoms with van der Waals surface area (Å²) < 4.78 is 0. The van der Waals surface area contributed by atoms with E-state index in [0.717, 1.165) is 6.54 Å². The van der Waals surface area contributed by atoms with Gasteiger partial charge in [0.05, 0.1) is 5.69 Å². The van der Waals surface area contributed by atoms with Crippen LogP contribution in [0.15, 0.2) is 5.38 Å². The van der Waals surface area contributed by atoms with E-state index < -0.39 is 0 Å². The van der Waals surface area contributed by atoms with E-state index in [0.29, 0.717) is 5.54 Å². The van der Waals surface area contributed by atoms with Gasteiger partial charge in [-0.2, -0.15) is 0 Å². The molecule has 1 aliphatic rings. The standard InChI is InChI=1S/C12H20N2S/c1-11(2,3)9-8-15-10(14-9)7-13-12(4)5-6-12/h8,13H,5-7H2,1-4H3. The molecule has 1 aromatic heterocycles. The predicted molar refractivity (Wildman–Crippen MR) is 65.3 cm³/mol. The molecule has 2 nitrogen and oxygen atoms in total. The lowest BCUT2D eigenvalue weighted by Crippen LogP contribution is -2.27. The molecule has 0 unspecified atom stereocenters. The SMILES string of the molecule is CC1(NCc2nc(C(C)(C)C)cs2)CC1. The van der Waals surface area contributed by atoms with Crippen LogP contribution in [-0.4, -0.2) is 10.5 Å². The molecule has 0 atom stereocenters. The summed E-state index contributed by atoms with van der Waals surface area (Å²) in [6.07, 6.45) is 2.62. The number of hydrogen-bond donors (Lipinski definition) is 1. The normalized spacial score (nSPS) is 19.2. The van der Waals surface area contributed by atoms with Gasteiger partial charge in [0.25, 0.3) is 0 Å². The molecule has 1 aliphatic carbocycles. The van der Waals surface area contributed by atoms with E-state index in [2.05, 4.69) is 43.4 Å². The Hall–Kier alpha value is -0.410. The van der Waals surface area contributed by atoms with Crippen molar-refractivity contribution in [1.29, 1.82) is 0 Å². The quantitative estimate of drug-likeness (QED) is 0.853. The van der Waals surface area contributed by atoms with Crippen LogP contribution in [0.5, 0.6) is 0 Å². The minimum Gasteiger partial charge on any atom is -0.305 e. The molecule has 0 radical (unpaired) electrons. The van der Waals surface area contributed by atoms with Crippen molar-refractivity contribution in [2.75, 3.05) is 0 Å². The maximum atomic E-state index is 4.67. The summed E-state index contributed by atoms with van der Waals surface area (Å²) in [5.41, 5.74) is 1.80. The largest absolute Gasteiger partial charge is 0.305 e. The Labute approximate surface area is 96.1 Å². The topological polar surface area (TPSA) is 24.9 Å². The maximum Gasteiger partial charge on any atom is 0.107 e. The van der Waals surface area contributed by atoms with Gasteiger partial charge in [0.1, 0.15) is 5.01 Å². The van der Waals surface area contributed by atoms with Crippen molar-refractivity contribution in [2.45, 2.75) is 58.0 Å². The maximum absolute atomic E-state index is 4.67. The minimum atomic E-state index is 0.179. The van der Waals surface area contributed by atoms with Crippen LogP contribution in [0.1, 0.15) is 51.2 Å². The first kappa shape index (κ1) is 11.1. The van der Waals surface area contributed by atoms with E-state index >= 15 is 0 Å². The summed E-state index contributed by atoms with van der Waals surface area (Å²) in [5.74, 6) is 0. The van der Waals surface area contributed by atoms with E-state index in [1.165, 1.54) is 23.5 Å². The molecule has 0 bridgehead atoms. The van der Waals surface area contributed by atoms with E-state index in [4.69, 9.17) is 0 Å². The highest BCUT2D eigenvalue weighted by molar-refractivity contribution is 7.09. The monoisotopic (exact) mass is 224 g/mol. The Bertz CT molecular complexity index is 345. The van der Waals surface area contributed by atoms with Crippen LogP contribution < -0.4 is 5.32 Å². The van der Waals surface area contributed by atoms with Gasteiger partial charge in [-0.3, -0.25) is 0 Å². The van der Waals surface area contributed by atoms with Crippen LogP contribution in [0.3, 0.4) is 0 Å². The zero-order chi connectivity index (χ0) is 11.1. The highest BCUT2D eigenvalue weighted by Gasteiger charge is 2.36. The lowest BCUT2D eigenvalue weighted by molar-refractivity contribution is 0.530. The molecule has 0 aliphatic heterocycles. The van der Waals surface area contributed by atoms with Gasteiger partial charge in [0.15, 0.2) is 0 Å². The van der Waals surface area contributed by atoms with E-state index in [1.54, 1.807) is 11.3 Å². The second-order valence-corrected chi connectivity index (χ2v) is 6.73. The highest BCUT2D eigenvalue weighted by atomic mass is 32.1. The number of nitrogens with zero attached hydrogens (tertiary/aromatic N) is 1. The van der Waals surface area contributed by atoms with Crippen molar-refractivity contribution in [3.8, 4) is 0 Å². The van der Waals surface area contributed by atoms with E-state index in [-0.39, 0.29) is 5.41 Å². The Morgan fingerprint density at radius 2 is 2.13 bits per heavy atom. The third-order valence-electron chi connectivity index (χ3n) is 2.99. The highest BCUT2D eigenvalue weighted by Crippen LogP contribution is 2.34. The summed E-state index contributed by atoms with van der Waals surface area (Å²) in [5, 5.41) is 6.96. The fourth-order valence-electron chi connectivity index (χ4n) is 1.39. The van der Waals surface area contributed by atoms with Crippen molar-refractivity contribution >= 4 is 11.3 Å². The molecular formula is C12H20N2S. The van der Waals surface area contributed by atoms with Crippen LogP contribution in [-0.2, 0) is 12.0 Å². The second-order valence-electron chi connectivity index (χ2n) is 5.79. The number of nitrogens with one attached hydrogen (secondary N) is 1. The second kappa shape index (κ2) is 3.56. The number of aromatic nitrogens is 1. The van der Waals surface area contributed by atoms with Crippen molar-refractivity contribution in [3.05, 3.63) is 16.1 Å². The zero-order valence-electron chi connectivity index (χ0n) is 10.1. The van der Waals surface area contributed by atoms with Gasteiger partial charge in [-0.05, 0) is 19.8 Å². The minimum absolute atomic E-state index is 0.179. The smallest absolute Gasteiger partial charge is 0.107 e. The average Bonchev–Trinajstić information content (AvgIpc) is 2.66. The molecule has 3 heteroatoms. The third kappa shape index (κ3) is 2.79. The van der Waals surface area contributed by atoms with Crippen molar-refractivity contribution in [2.24, 2.45) is 0 Å². The molecule has 0 aromatic carbocycles. The van der Waals surface area contributed by atoms with Crippen molar-refractivity contribution in [1.82, 2.24) is 10.3 Å². The molecule has 15 heavy (non-hydrogen) atoms. The lowest BCUT2D eigenvalue weighted by atomic mass is 9.93. The third-order valence-corrected chi connectivity index (χ3v) is 3.84. The molecule has 0 spiro atoms. The molecule has 1 N–H and O–H groups in total. The van der Waals surface area contributed by atoms with Gasteiger partial charge in [-0.15, -0.1) is 11.3 Å². The first-order chi connectivity index (χ1) is 6.89. The zero-order valence-corrected chi connectivity index (χ0v) is 10.9. The molecule has 1 fully saturated rings. The number of rotatable bonds is 3. The fourth-order valence-corrected chi connectivity index (χ4v) is 2.35. The van der Waals surface area contributed by atoms with Gasteiger partial charge < -0.3 is 5.32 Å². The molecule has 84 valence electrons. The molecule has 1 saturated carbocycles. The molecular weight excluding hydrogens is 204 g/mol. The average molecular weight is 224 g/mol. The van der Waals surface area contributed by atoms with Crippen LogP contribution >= 0.6 is 11.3 Å². The van der Waals surface area contributed by atoms with Crippen molar-refractivity contribution < 1.29 is 0 Å². The summed E-state index contributed by atoms with van der Waals surface area (Å²) >= 11 is 1.77. The Balaban J connectivity index is 1.95. The molecule has 1 heterocycles. The summed E-state index contributed by atoms with van der Waals surface area (Å²) in [6, 6.07) is 0.